The van der Waals surface area contributed by atoms with Crippen LogP contribution in [-0.2, 0) is 14.3 Å². The number of nitrogens with zero attached hydrogens (tertiary/aromatic N) is 1. The van der Waals surface area contributed by atoms with Gasteiger partial charge in [-0.3, -0.25) is 9.59 Å². The lowest BCUT2D eigenvalue weighted by Crippen LogP contribution is -2.36. The van der Waals surface area contributed by atoms with Crippen molar-refractivity contribution in [2.24, 2.45) is 5.92 Å². The summed E-state index contributed by atoms with van der Waals surface area (Å²) in [5, 5.41) is 13.1. The van der Waals surface area contributed by atoms with Crippen molar-refractivity contribution in [3.05, 3.63) is 57.3 Å². The van der Waals surface area contributed by atoms with Gasteiger partial charge in [-0.25, -0.2) is 0 Å². The van der Waals surface area contributed by atoms with Crippen molar-refractivity contribution in [1.82, 2.24) is 4.90 Å². The van der Waals surface area contributed by atoms with Gasteiger partial charge in [0.15, 0.2) is 0 Å². The van der Waals surface area contributed by atoms with Crippen molar-refractivity contribution in [3.63, 3.8) is 0 Å². The van der Waals surface area contributed by atoms with Crippen molar-refractivity contribution < 1.29 is 24.2 Å². The van der Waals surface area contributed by atoms with Crippen LogP contribution in [0.2, 0.25) is 0 Å². The number of aliphatic hydroxyl groups is 1. The molecule has 2 aliphatic rings. The van der Waals surface area contributed by atoms with Gasteiger partial charge in [-0.15, -0.1) is 11.3 Å². The number of Topliss-reactive ketones (excluding diaryl/α,β-unsaturated/α-hetero) is 1. The monoisotopic (exact) mass is 455 g/mol. The number of ether oxygens (including phenoxy) is 2. The van der Waals surface area contributed by atoms with Crippen molar-refractivity contribution in [2.45, 2.75) is 45.8 Å². The first kappa shape index (κ1) is 22.6. The van der Waals surface area contributed by atoms with Crippen molar-refractivity contribution in [3.8, 4) is 5.75 Å². The summed E-state index contributed by atoms with van der Waals surface area (Å²) in [5.74, 6) is -0.266. The molecule has 1 N–H and O–H groups in total. The molecule has 3 heterocycles. The first-order valence-corrected chi connectivity index (χ1v) is 11.9. The molecule has 7 heteroatoms. The molecule has 2 aliphatic heterocycles. The van der Waals surface area contributed by atoms with Gasteiger partial charge in [0.2, 0.25) is 0 Å². The van der Waals surface area contributed by atoms with Gasteiger partial charge < -0.3 is 19.5 Å². The zero-order valence-corrected chi connectivity index (χ0v) is 19.5. The minimum atomic E-state index is -0.656. The smallest absolute Gasteiger partial charge is 0.295 e. The molecule has 170 valence electrons. The first-order chi connectivity index (χ1) is 15.4. The van der Waals surface area contributed by atoms with E-state index < -0.39 is 17.7 Å². The Balaban J connectivity index is 1.71. The summed E-state index contributed by atoms with van der Waals surface area (Å²) >= 11 is 1.46. The third-order valence-electron chi connectivity index (χ3n) is 5.80. The first-order valence-electron chi connectivity index (χ1n) is 11.0. The Morgan fingerprint density at radius 1 is 1.31 bits per heavy atom. The fraction of sp³-hybridized carbons (Fsp3) is 0.440. The van der Waals surface area contributed by atoms with E-state index in [0.29, 0.717) is 31.2 Å². The lowest BCUT2D eigenvalue weighted by molar-refractivity contribution is -0.140. The molecule has 4 rings (SSSR count). The van der Waals surface area contributed by atoms with Crippen LogP contribution < -0.4 is 4.74 Å². The van der Waals surface area contributed by atoms with E-state index in [9.17, 15) is 14.7 Å². The molecule has 2 saturated heterocycles. The number of ketones is 1. The van der Waals surface area contributed by atoms with Gasteiger partial charge in [0.1, 0.15) is 11.5 Å². The number of hydrogen-bond donors (Lipinski definition) is 1. The zero-order chi connectivity index (χ0) is 22.8. The SMILES string of the molecule is Cc1cc(/C(O)=C2/C(=O)C(=O)N(CC3CCCO3)C2c2cccs2)ccc1OCC(C)C. The van der Waals surface area contributed by atoms with E-state index in [0.717, 1.165) is 29.0 Å². The molecule has 0 radical (unpaired) electrons. The summed E-state index contributed by atoms with van der Waals surface area (Å²) in [6, 6.07) is 8.50. The van der Waals surface area contributed by atoms with Gasteiger partial charge in [-0.2, -0.15) is 0 Å². The highest BCUT2D eigenvalue weighted by Crippen LogP contribution is 2.42. The summed E-state index contributed by atoms with van der Waals surface area (Å²) in [7, 11) is 0. The van der Waals surface area contributed by atoms with Crippen molar-refractivity contribution in [2.75, 3.05) is 19.8 Å². The number of aliphatic hydroxyl groups excluding tert-OH is 1. The quantitative estimate of drug-likeness (QED) is 0.372. The number of aryl methyl sites for hydroxylation is 1. The van der Waals surface area contributed by atoms with E-state index in [-0.39, 0.29) is 17.4 Å². The second-order valence-corrected chi connectivity index (χ2v) is 9.77. The molecular formula is C25H29NO5S. The molecule has 0 bridgehead atoms. The van der Waals surface area contributed by atoms with Crippen LogP contribution in [0.1, 0.15) is 48.7 Å². The molecule has 1 amide bonds. The van der Waals surface area contributed by atoms with Gasteiger partial charge in [-0.1, -0.05) is 19.9 Å². The van der Waals surface area contributed by atoms with Crippen LogP contribution in [-0.4, -0.2) is 47.6 Å². The Bertz CT molecular complexity index is 1020. The van der Waals surface area contributed by atoms with E-state index in [4.69, 9.17) is 9.47 Å². The van der Waals surface area contributed by atoms with Crippen molar-refractivity contribution in [1.29, 1.82) is 0 Å². The van der Waals surface area contributed by atoms with Gasteiger partial charge in [-0.05, 0) is 60.9 Å². The highest BCUT2D eigenvalue weighted by molar-refractivity contribution is 7.10. The van der Waals surface area contributed by atoms with E-state index >= 15 is 0 Å². The fourth-order valence-corrected chi connectivity index (χ4v) is 5.03. The highest BCUT2D eigenvalue weighted by atomic mass is 32.1. The second-order valence-electron chi connectivity index (χ2n) is 8.79. The standard InChI is InChI=1S/C25H29NO5S/c1-15(2)14-31-19-9-8-17(12-16(19)3)23(27)21-22(20-7-5-11-32-20)26(25(29)24(21)28)13-18-6-4-10-30-18/h5,7-9,11-12,15,18,22,27H,4,6,10,13-14H2,1-3H3/b23-21-. The number of hydrogen-bond acceptors (Lipinski definition) is 6. The van der Waals surface area contributed by atoms with Crippen LogP contribution in [0.4, 0.5) is 0 Å². The molecule has 0 saturated carbocycles. The molecule has 2 atom stereocenters. The van der Waals surface area contributed by atoms with Gasteiger partial charge in [0.05, 0.1) is 24.3 Å². The van der Waals surface area contributed by atoms with Crippen LogP contribution >= 0.6 is 11.3 Å². The topological polar surface area (TPSA) is 76.1 Å². The molecule has 32 heavy (non-hydrogen) atoms. The average Bonchev–Trinajstić information content (AvgIpc) is 3.51. The second kappa shape index (κ2) is 9.46. The Hall–Kier alpha value is -2.64. The Labute approximate surface area is 192 Å². The summed E-state index contributed by atoms with van der Waals surface area (Å²) < 4.78 is 11.5. The van der Waals surface area contributed by atoms with E-state index in [2.05, 4.69) is 13.8 Å². The van der Waals surface area contributed by atoms with E-state index in [1.807, 2.05) is 24.4 Å². The highest BCUT2D eigenvalue weighted by Gasteiger charge is 2.47. The maximum absolute atomic E-state index is 13.1. The zero-order valence-electron chi connectivity index (χ0n) is 18.7. The molecule has 1 aromatic heterocycles. The molecule has 2 unspecified atom stereocenters. The maximum Gasteiger partial charge on any atom is 0.295 e. The van der Waals surface area contributed by atoms with Crippen LogP contribution in [0.5, 0.6) is 5.75 Å². The summed E-state index contributed by atoms with van der Waals surface area (Å²) in [5.41, 5.74) is 1.48. The molecule has 0 aliphatic carbocycles. The summed E-state index contributed by atoms with van der Waals surface area (Å²) in [4.78, 5) is 28.4. The largest absolute Gasteiger partial charge is 0.507 e. The number of carbonyl (C=O) groups excluding carboxylic acids is 2. The van der Waals surface area contributed by atoms with Gasteiger partial charge in [0.25, 0.3) is 11.7 Å². The Morgan fingerprint density at radius 2 is 2.12 bits per heavy atom. The molecule has 0 spiro atoms. The number of amides is 1. The number of rotatable bonds is 7. The van der Waals surface area contributed by atoms with E-state index in [1.54, 1.807) is 23.1 Å². The summed E-state index contributed by atoms with van der Waals surface area (Å²) in [6.07, 6.45) is 1.72. The number of thiophene rings is 1. The van der Waals surface area contributed by atoms with Crippen LogP contribution in [0.3, 0.4) is 0 Å². The minimum absolute atomic E-state index is 0.0876. The van der Waals surface area contributed by atoms with Crippen LogP contribution in [0.25, 0.3) is 5.76 Å². The number of likely N-dealkylation sites (tertiary alicyclic amines) is 1. The molecule has 1 aromatic carbocycles. The fourth-order valence-electron chi connectivity index (χ4n) is 4.19. The third kappa shape index (κ3) is 4.45. The van der Waals surface area contributed by atoms with Gasteiger partial charge >= 0.3 is 0 Å². The molecular weight excluding hydrogens is 426 g/mol. The van der Waals surface area contributed by atoms with Crippen LogP contribution in [0.15, 0.2) is 41.3 Å². The Kier molecular flexibility index (Phi) is 6.67. The normalized spacial score (nSPS) is 22.8. The third-order valence-corrected chi connectivity index (χ3v) is 6.72. The van der Waals surface area contributed by atoms with Gasteiger partial charge in [0, 0.05) is 23.6 Å². The summed E-state index contributed by atoms with van der Waals surface area (Å²) in [6.45, 7) is 7.66. The minimum Gasteiger partial charge on any atom is -0.507 e. The Morgan fingerprint density at radius 3 is 2.75 bits per heavy atom. The predicted octanol–water partition coefficient (Wildman–Crippen LogP) is 4.69. The van der Waals surface area contributed by atoms with Crippen molar-refractivity contribution >= 4 is 28.8 Å². The molecule has 2 fully saturated rings. The molecule has 6 nitrogen and oxygen atoms in total. The van der Waals surface area contributed by atoms with Crippen LogP contribution in [0, 0.1) is 12.8 Å². The average molecular weight is 456 g/mol. The predicted molar refractivity (Wildman–Crippen MR) is 124 cm³/mol. The maximum atomic E-state index is 13.1. The lowest BCUT2D eigenvalue weighted by atomic mass is 9.98. The number of benzene rings is 1. The number of carbonyl (C=O) groups is 2. The van der Waals surface area contributed by atoms with E-state index in [1.165, 1.54) is 11.3 Å². The molecule has 2 aromatic rings. The lowest BCUT2D eigenvalue weighted by Gasteiger charge is -2.26.